The van der Waals surface area contributed by atoms with Crippen molar-refractivity contribution in [2.75, 3.05) is 0 Å². The lowest BCUT2D eigenvalue weighted by Gasteiger charge is -2.04. The number of phenols is 2. The molecule has 4 heteroatoms. The highest BCUT2D eigenvalue weighted by Crippen LogP contribution is 2.33. The Morgan fingerprint density at radius 3 is 2.40 bits per heavy atom. The standard InChI is InChI=1S/C11H12N2O2/c1-6-3-8(11(15)5-10(6)14)9-4-7(2)12-13-9/h3-5,14-15H,1-2H3,(H,12,13). The van der Waals surface area contributed by atoms with Crippen LogP contribution in [0, 0.1) is 13.8 Å². The molecule has 0 radical (unpaired) electrons. The highest BCUT2D eigenvalue weighted by atomic mass is 16.3. The number of nitrogens with one attached hydrogen (secondary N) is 1. The maximum Gasteiger partial charge on any atom is 0.128 e. The van der Waals surface area contributed by atoms with E-state index in [-0.39, 0.29) is 11.5 Å². The first-order valence-corrected chi connectivity index (χ1v) is 4.63. The van der Waals surface area contributed by atoms with E-state index in [4.69, 9.17) is 0 Å². The van der Waals surface area contributed by atoms with Crippen LogP contribution in [0.2, 0.25) is 0 Å². The van der Waals surface area contributed by atoms with Crippen molar-refractivity contribution in [1.82, 2.24) is 10.2 Å². The number of phenolic OH excluding ortho intramolecular Hbond substituents is 2. The summed E-state index contributed by atoms with van der Waals surface area (Å²) >= 11 is 0. The van der Waals surface area contributed by atoms with Gasteiger partial charge in [0.05, 0.1) is 5.69 Å². The van der Waals surface area contributed by atoms with Crippen molar-refractivity contribution in [1.29, 1.82) is 0 Å². The highest BCUT2D eigenvalue weighted by molar-refractivity contribution is 5.69. The molecule has 0 aliphatic rings. The minimum absolute atomic E-state index is 0.0320. The summed E-state index contributed by atoms with van der Waals surface area (Å²) < 4.78 is 0. The summed E-state index contributed by atoms with van der Waals surface area (Å²) in [6.07, 6.45) is 0. The number of aromatic hydroxyl groups is 2. The minimum Gasteiger partial charge on any atom is -0.508 e. The molecule has 2 aromatic rings. The smallest absolute Gasteiger partial charge is 0.128 e. The Bertz CT molecular complexity index is 503. The molecule has 0 spiro atoms. The van der Waals surface area contributed by atoms with Crippen molar-refractivity contribution in [2.45, 2.75) is 13.8 Å². The molecule has 0 fully saturated rings. The Labute approximate surface area is 87.2 Å². The molecule has 1 aromatic carbocycles. The molecule has 0 unspecified atom stereocenters. The number of aromatic nitrogens is 2. The average molecular weight is 204 g/mol. The molecule has 0 atom stereocenters. The summed E-state index contributed by atoms with van der Waals surface area (Å²) in [5.74, 6) is 0.119. The van der Waals surface area contributed by atoms with E-state index in [1.165, 1.54) is 6.07 Å². The second kappa shape index (κ2) is 3.31. The van der Waals surface area contributed by atoms with Gasteiger partial charge in [0, 0.05) is 17.3 Å². The van der Waals surface area contributed by atoms with E-state index in [0.29, 0.717) is 16.8 Å². The van der Waals surface area contributed by atoms with Gasteiger partial charge in [-0.1, -0.05) is 0 Å². The van der Waals surface area contributed by atoms with Gasteiger partial charge >= 0.3 is 0 Å². The van der Waals surface area contributed by atoms with Gasteiger partial charge in [-0.15, -0.1) is 0 Å². The van der Waals surface area contributed by atoms with Crippen LogP contribution < -0.4 is 0 Å². The van der Waals surface area contributed by atoms with Gasteiger partial charge in [0.15, 0.2) is 0 Å². The topological polar surface area (TPSA) is 69.1 Å². The van der Waals surface area contributed by atoms with E-state index in [1.54, 1.807) is 13.0 Å². The quantitative estimate of drug-likeness (QED) is 0.666. The molecular formula is C11H12N2O2. The van der Waals surface area contributed by atoms with Crippen molar-refractivity contribution in [3.8, 4) is 22.8 Å². The fourth-order valence-corrected chi connectivity index (χ4v) is 1.45. The van der Waals surface area contributed by atoms with Crippen molar-refractivity contribution in [3.63, 3.8) is 0 Å². The molecule has 1 aromatic heterocycles. The molecule has 0 amide bonds. The number of rotatable bonds is 1. The van der Waals surface area contributed by atoms with Crippen molar-refractivity contribution in [3.05, 3.63) is 29.5 Å². The lowest BCUT2D eigenvalue weighted by Crippen LogP contribution is -1.82. The molecule has 1 heterocycles. The Hall–Kier alpha value is -1.97. The number of nitrogens with zero attached hydrogens (tertiary/aromatic N) is 1. The fourth-order valence-electron chi connectivity index (χ4n) is 1.45. The summed E-state index contributed by atoms with van der Waals surface area (Å²) in [6.45, 7) is 3.67. The lowest BCUT2D eigenvalue weighted by atomic mass is 10.1. The predicted molar refractivity (Wildman–Crippen MR) is 56.8 cm³/mol. The first-order valence-electron chi connectivity index (χ1n) is 4.63. The Morgan fingerprint density at radius 1 is 1.07 bits per heavy atom. The second-order valence-electron chi connectivity index (χ2n) is 3.59. The maximum absolute atomic E-state index is 9.66. The van der Waals surface area contributed by atoms with Crippen molar-refractivity contribution >= 4 is 0 Å². The van der Waals surface area contributed by atoms with Crippen molar-refractivity contribution in [2.24, 2.45) is 0 Å². The largest absolute Gasteiger partial charge is 0.508 e. The Morgan fingerprint density at radius 2 is 1.80 bits per heavy atom. The number of H-pyrrole nitrogens is 1. The van der Waals surface area contributed by atoms with E-state index < -0.39 is 0 Å². The second-order valence-corrected chi connectivity index (χ2v) is 3.59. The van der Waals surface area contributed by atoms with E-state index in [0.717, 1.165) is 5.69 Å². The third-order valence-electron chi connectivity index (χ3n) is 2.30. The molecule has 3 N–H and O–H groups in total. The van der Waals surface area contributed by atoms with Crippen LogP contribution >= 0.6 is 0 Å². The van der Waals surface area contributed by atoms with E-state index in [2.05, 4.69) is 10.2 Å². The zero-order valence-electron chi connectivity index (χ0n) is 8.57. The van der Waals surface area contributed by atoms with Crippen molar-refractivity contribution < 1.29 is 10.2 Å². The Balaban J connectivity index is 2.58. The van der Waals surface area contributed by atoms with Gasteiger partial charge in [-0.3, -0.25) is 5.10 Å². The molecule has 4 nitrogen and oxygen atoms in total. The third kappa shape index (κ3) is 1.66. The molecular weight excluding hydrogens is 192 g/mol. The van der Waals surface area contributed by atoms with Gasteiger partial charge < -0.3 is 10.2 Å². The molecule has 78 valence electrons. The average Bonchev–Trinajstić information content (AvgIpc) is 2.58. The predicted octanol–water partition coefficient (Wildman–Crippen LogP) is 2.10. The van der Waals surface area contributed by atoms with Crippen LogP contribution in [0.25, 0.3) is 11.3 Å². The first-order chi connectivity index (χ1) is 7.08. The summed E-state index contributed by atoms with van der Waals surface area (Å²) in [5.41, 5.74) is 2.93. The SMILES string of the molecule is Cc1cc(-c2cc(C)c(O)cc2O)n[nH]1. The van der Waals surface area contributed by atoms with Crippen LogP contribution in [0.15, 0.2) is 18.2 Å². The molecule has 2 rings (SSSR count). The van der Waals surface area contributed by atoms with Gasteiger partial charge in [0.1, 0.15) is 11.5 Å². The van der Waals surface area contributed by atoms with Crippen LogP contribution in [-0.2, 0) is 0 Å². The molecule has 0 bridgehead atoms. The number of hydrogen-bond donors (Lipinski definition) is 3. The zero-order valence-corrected chi connectivity index (χ0v) is 8.57. The van der Waals surface area contributed by atoms with Crippen LogP contribution in [0.4, 0.5) is 0 Å². The van der Waals surface area contributed by atoms with Crippen LogP contribution in [0.5, 0.6) is 11.5 Å². The molecule has 0 aliphatic heterocycles. The van der Waals surface area contributed by atoms with E-state index >= 15 is 0 Å². The van der Waals surface area contributed by atoms with E-state index in [1.807, 2.05) is 13.0 Å². The fraction of sp³-hybridized carbons (Fsp3) is 0.182. The maximum atomic E-state index is 9.66. The summed E-state index contributed by atoms with van der Waals surface area (Å²) in [6, 6.07) is 4.88. The van der Waals surface area contributed by atoms with Gasteiger partial charge in [0.25, 0.3) is 0 Å². The zero-order chi connectivity index (χ0) is 11.0. The van der Waals surface area contributed by atoms with Gasteiger partial charge in [0.2, 0.25) is 0 Å². The number of aromatic amines is 1. The third-order valence-corrected chi connectivity index (χ3v) is 2.30. The molecule has 0 saturated heterocycles. The van der Waals surface area contributed by atoms with Gasteiger partial charge in [-0.25, -0.2) is 0 Å². The summed E-state index contributed by atoms with van der Waals surface area (Å²) in [5, 5.41) is 25.9. The molecule has 15 heavy (non-hydrogen) atoms. The highest BCUT2D eigenvalue weighted by Gasteiger charge is 2.10. The normalized spacial score (nSPS) is 10.5. The van der Waals surface area contributed by atoms with Crippen LogP contribution in [-0.4, -0.2) is 20.4 Å². The summed E-state index contributed by atoms with van der Waals surface area (Å²) in [7, 11) is 0. The minimum atomic E-state index is 0.0320. The van der Waals surface area contributed by atoms with Crippen LogP contribution in [0.3, 0.4) is 0 Å². The Kier molecular flexibility index (Phi) is 2.11. The number of hydrogen-bond acceptors (Lipinski definition) is 3. The monoisotopic (exact) mass is 204 g/mol. The number of aryl methyl sites for hydroxylation is 2. The molecule has 0 saturated carbocycles. The first kappa shape index (κ1) is 9.58. The lowest BCUT2D eigenvalue weighted by molar-refractivity contribution is 0.449. The number of benzene rings is 1. The van der Waals surface area contributed by atoms with Crippen LogP contribution in [0.1, 0.15) is 11.3 Å². The summed E-state index contributed by atoms with van der Waals surface area (Å²) in [4.78, 5) is 0. The van der Waals surface area contributed by atoms with Gasteiger partial charge in [-0.05, 0) is 31.5 Å². The van der Waals surface area contributed by atoms with Gasteiger partial charge in [-0.2, -0.15) is 5.10 Å². The molecule has 0 aliphatic carbocycles. The van der Waals surface area contributed by atoms with E-state index in [9.17, 15) is 10.2 Å².